The number of hydrazone groups is 1. The van der Waals surface area contributed by atoms with E-state index in [4.69, 9.17) is 46.4 Å². The van der Waals surface area contributed by atoms with E-state index in [1.54, 1.807) is 6.92 Å². The second-order valence-corrected chi connectivity index (χ2v) is 8.18. The van der Waals surface area contributed by atoms with Crippen LogP contribution in [0.5, 0.6) is 0 Å². The van der Waals surface area contributed by atoms with Gasteiger partial charge in [-0.2, -0.15) is 0 Å². The van der Waals surface area contributed by atoms with Gasteiger partial charge in [-0.3, -0.25) is 9.59 Å². The van der Waals surface area contributed by atoms with Crippen LogP contribution in [0, 0.1) is 0 Å². The van der Waals surface area contributed by atoms with Crippen LogP contribution in [0.25, 0.3) is 0 Å². The Kier molecular flexibility index (Phi) is 6.08. The average Bonchev–Trinajstić information content (AvgIpc) is 2.85. The largest absolute Gasteiger partial charge is 0.301 e. The maximum absolute atomic E-state index is 12.3. The van der Waals surface area contributed by atoms with Crippen molar-refractivity contribution in [3.63, 3.8) is 0 Å². The second-order valence-electron chi connectivity index (χ2n) is 4.60. The van der Waals surface area contributed by atoms with E-state index in [-0.39, 0.29) is 5.17 Å². The molecular formula is C13H11Cl4N3O2S. The summed E-state index contributed by atoms with van der Waals surface area (Å²) in [6, 6.07) is 9.16. The fourth-order valence-electron chi connectivity index (χ4n) is 1.93. The number of hydrogen-bond donors (Lipinski definition) is 1. The molecule has 10 heteroatoms. The van der Waals surface area contributed by atoms with Crippen molar-refractivity contribution in [2.24, 2.45) is 5.10 Å². The summed E-state index contributed by atoms with van der Waals surface area (Å²) < 4.78 is 0. The third kappa shape index (κ3) is 4.06. The predicted octanol–water partition coefficient (Wildman–Crippen LogP) is 3.43. The Hall–Kier alpha value is -0.660. The Balaban J connectivity index is 2.36. The van der Waals surface area contributed by atoms with Gasteiger partial charge in [0, 0.05) is 0 Å². The van der Waals surface area contributed by atoms with Gasteiger partial charge in [-0.25, -0.2) is 5.01 Å². The van der Waals surface area contributed by atoms with Gasteiger partial charge >= 0.3 is 0 Å². The van der Waals surface area contributed by atoms with Crippen molar-refractivity contribution in [3.8, 4) is 0 Å². The normalized spacial score (nSPS) is 20.8. The van der Waals surface area contributed by atoms with E-state index in [9.17, 15) is 9.59 Å². The summed E-state index contributed by atoms with van der Waals surface area (Å²) in [4.78, 5) is 20.5. The first kappa shape index (κ1) is 18.7. The van der Waals surface area contributed by atoms with Crippen molar-refractivity contribution in [1.29, 1.82) is 0 Å². The number of benzene rings is 1. The van der Waals surface area contributed by atoms with E-state index in [2.05, 4.69) is 10.4 Å². The smallest absolute Gasteiger partial charge is 0.277 e. The Bertz CT molecular complexity index is 641. The maximum atomic E-state index is 12.3. The molecule has 0 aliphatic carbocycles. The van der Waals surface area contributed by atoms with Crippen molar-refractivity contribution >= 4 is 75.1 Å². The molecule has 0 saturated heterocycles. The van der Waals surface area contributed by atoms with Crippen molar-refractivity contribution in [1.82, 2.24) is 10.3 Å². The summed E-state index contributed by atoms with van der Waals surface area (Å²) in [6.07, 6.45) is 0. The van der Waals surface area contributed by atoms with Gasteiger partial charge in [0.05, 0.1) is 0 Å². The van der Waals surface area contributed by atoms with E-state index >= 15 is 0 Å². The molecule has 0 fully saturated rings. The molecule has 0 saturated carbocycles. The molecule has 23 heavy (non-hydrogen) atoms. The SMILES string of the molecule is CC1(c2ccccc2)SC(NC(=O)C(Cl)Cl)=NN1C(=O)C(Cl)Cl. The number of amidine groups is 1. The van der Waals surface area contributed by atoms with Crippen LogP contribution in [-0.4, -0.2) is 31.7 Å². The Labute approximate surface area is 157 Å². The van der Waals surface area contributed by atoms with Crippen LogP contribution in [0.15, 0.2) is 35.4 Å². The molecule has 1 heterocycles. The molecule has 0 bridgehead atoms. The molecule has 1 atom stereocenters. The Morgan fingerprint density at radius 3 is 2.30 bits per heavy atom. The number of alkyl halides is 4. The zero-order valence-corrected chi connectivity index (χ0v) is 15.5. The third-order valence-corrected chi connectivity index (χ3v) is 4.98. The number of carbonyl (C=O) groups excluding carboxylic acids is 2. The minimum Gasteiger partial charge on any atom is -0.301 e. The molecule has 1 N–H and O–H groups in total. The lowest BCUT2D eigenvalue weighted by Crippen LogP contribution is -2.41. The number of amides is 2. The highest BCUT2D eigenvalue weighted by molar-refractivity contribution is 8.14. The molecule has 1 unspecified atom stereocenters. The predicted molar refractivity (Wildman–Crippen MR) is 94.8 cm³/mol. The molecule has 1 aliphatic heterocycles. The third-order valence-electron chi connectivity index (χ3n) is 3.02. The number of thioether (sulfide) groups is 1. The number of hydrogen-bond acceptors (Lipinski definition) is 4. The van der Waals surface area contributed by atoms with Crippen LogP contribution in [0.3, 0.4) is 0 Å². The van der Waals surface area contributed by atoms with Gasteiger partial charge in [0.2, 0.25) is 0 Å². The van der Waals surface area contributed by atoms with Crippen LogP contribution in [0.4, 0.5) is 0 Å². The summed E-state index contributed by atoms with van der Waals surface area (Å²) in [5.41, 5.74) is 0.786. The zero-order chi connectivity index (χ0) is 17.2. The molecule has 2 amide bonds. The molecule has 1 aliphatic rings. The highest BCUT2D eigenvalue weighted by atomic mass is 35.5. The number of nitrogens with one attached hydrogen (secondary N) is 1. The van der Waals surface area contributed by atoms with Crippen molar-refractivity contribution < 1.29 is 9.59 Å². The first-order valence-electron chi connectivity index (χ1n) is 6.30. The molecule has 0 radical (unpaired) electrons. The molecule has 0 aromatic heterocycles. The van der Waals surface area contributed by atoms with E-state index in [0.717, 1.165) is 22.3 Å². The minimum atomic E-state index is -1.29. The standard InChI is InChI=1S/C13H11Cl4N3O2S/c1-13(7-5-3-2-4-6-7)20(11(22)9(16)17)19-12(23-13)18-10(21)8(14)15/h2-6,8-9H,1H3,(H,18,19,21). The lowest BCUT2D eigenvalue weighted by molar-refractivity contribution is -0.132. The first-order valence-corrected chi connectivity index (χ1v) is 8.86. The van der Waals surface area contributed by atoms with Gasteiger partial charge in [-0.05, 0) is 12.5 Å². The summed E-state index contributed by atoms with van der Waals surface area (Å²) in [7, 11) is 0. The molecule has 2 rings (SSSR count). The van der Waals surface area contributed by atoms with Crippen molar-refractivity contribution in [2.45, 2.75) is 21.5 Å². The van der Waals surface area contributed by atoms with Crippen LogP contribution < -0.4 is 5.32 Å². The van der Waals surface area contributed by atoms with Crippen LogP contribution in [0.1, 0.15) is 12.5 Å². The number of nitrogens with zero attached hydrogens (tertiary/aromatic N) is 2. The maximum Gasteiger partial charge on any atom is 0.277 e. The van der Waals surface area contributed by atoms with Crippen LogP contribution >= 0.6 is 58.2 Å². The summed E-state index contributed by atoms with van der Waals surface area (Å²) in [6.45, 7) is 1.77. The molecule has 5 nitrogen and oxygen atoms in total. The van der Waals surface area contributed by atoms with E-state index in [1.807, 2.05) is 30.3 Å². The summed E-state index contributed by atoms with van der Waals surface area (Å²) in [5.74, 6) is -1.25. The molecule has 1 aromatic rings. The molecule has 124 valence electrons. The Morgan fingerprint density at radius 2 is 1.78 bits per heavy atom. The van der Waals surface area contributed by atoms with E-state index in [0.29, 0.717) is 0 Å². The number of rotatable bonds is 3. The number of halogens is 4. The topological polar surface area (TPSA) is 61.8 Å². The highest BCUT2D eigenvalue weighted by Crippen LogP contribution is 2.45. The summed E-state index contributed by atoms with van der Waals surface area (Å²) >= 11 is 23.6. The fourth-order valence-corrected chi connectivity index (χ4v) is 3.34. The summed E-state index contributed by atoms with van der Waals surface area (Å²) in [5, 5.41) is 7.88. The fraction of sp³-hybridized carbons (Fsp3) is 0.308. The quantitative estimate of drug-likeness (QED) is 0.770. The average molecular weight is 415 g/mol. The lowest BCUT2D eigenvalue weighted by Gasteiger charge is -2.32. The van der Waals surface area contributed by atoms with Crippen molar-refractivity contribution in [3.05, 3.63) is 35.9 Å². The second kappa shape index (κ2) is 7.49. The monoisotopic (exact) mass is 413 g/mol. The van der Waals surface area contributed by atoms with Gasteiger partial charge < -0.3 is 5.32 Å². The van der Waals surface area contributed by atoms with Crippen LogP contribution in [0.2, 0.25) is 0 Å². The highest BCUT2D eigenvalue weighted by Gasteiger charge is 2.46. The van der Waals surface area contributed by atoms with Gasteiger partial charge in [0.1, 0.15) is 4.87 Å². The van der Waals surface area contributed by atoms with Crippen LogP contribution in [-0.2, 0) is 14.5 Å². The minimum absolute atomic E-state index is 0.176. The van der Waals surface area contributed by atoms with E-state index in [1.165, 1.54) is 0 Å². The molecule has 1 aromatic carbocycles. The van der Waals surface area contributed by atoms with E-state index < -0.39 is 26.4 Å². The zero-order valence-electron chi connectivity index (χ0n) is 11.7. The molecule has 0 spiro atoms. The molecular weight excluding hydrogens is 404 g/mol. The van der Waals surface area contributed by atoms with Gasteiger partial charge in [-0.1, -0.05) is 88.5 Å². The van der Waals surface area contributed by atoms with Gasteiger partial charge in [-0.15, -0.1) is 5.10 Å². The van der Waals surface area contributed by atoms with Crippen molar-refractivity contribution in [2.75, 3.05) is 0 Å². The first-order chi connectivity index (χ1) is 10.8. The lowest BCUT2D eigenvalue weighted by atomic mass is 10.1. The van der Waals surface area contributed by atoms with Gasteiger partial charge in [0.25, 0.3) is 11.8 Å². The number of carbonyl (C=O) groups is 2. The Morgan fingerprint density at radius 1 is 1.17 bits per heavy atom. The van der Waals surface area contributed by atoms with Gasteiger partial charge in [0.15, 0.2) is 14.8 Å².